The zero-order chi connectivity index (χ0) is 7.72. The molecule has 0 bridgehead atoms. The van der Waals surface area contributed by atoms with Crippen LogP contribution in [0.1, 0.15) is 0 Å². The van der Waals surface area contributed by atoms with E-state index in [0.29, 0.717) is 0 Å². The van der Waals surface area contributed by atoms with Gasteiger partial charge in [0.05, 0.1) is 0 Å². The van der Waals surface area contributed by atoms with Crippen LogP contribution in [-0.4, -0.2) is 72.4 Å². The topological polar surface area (TPSA) is 12.9 Å². The Hall–Kier alpha value is 1.38. The molecule has 1 aromatic heterocycles. The molecule has 1 rings (SSSR count). The van der Waals surface area contributed by atoms with Crippen molar-refractivity contribution in [3.63, 3.8) is 0 Å². The van der Waals surface area contributed by atoms with Gasteiger partial charge in [-0.15, -0.1) is 0 Å². The first-order valence-corrected chi connectivity index (χ1v) is 7.52. The summed E-state index contributed by atoms with van der Waals surface area (Å²) in [6.07, 6.45) is 0. The van der Waals surface area contributed by atoms with E-state index in [0.717, 1.165) is 0 Å². The van der Waals surface area contributed by atoms with Gasteiger partial charge in [0.25, 0.3) is 0 Å². The fraction of sp³-hybridized carbons (Fsp3) is 0. The second-order valence-electron chi connectivity index (χ2n) is 1.94. The molecule has 0 saturated heterocycles. The maximum atomic E-state index is 4.46. The Morgan fingerprint density at radius 1 is 0.900 bits per heavy atom. The average molecular weight is 383 g/mol. The van der Waals surface area contributed by atoms with Gasteiger partial charge in [-0.25, -0.2) is 0 Å². The quantitative estimate of drug-likeness (QED) is 0.407. The van der Waals surface area contributed by atoms with Crippen molar-refractivity contribution in [1.82, 2.24) is 4.98 Å². The molecule has 1 heterocycles. The van der Waals surface area contributed by atoms with Crippen LogP contribution in [0.5, 0.6) is 0 Å². The van der Waals surface area contributed by atoms with Crippen molar-refractivity contribution < 1.29 is 0 Å². The van der Waals surface area contributed by atoms with Crippen molar-refractivity contribution in [1.29, 1.82) is 0 Å². The summed E-state index contributed by atoms with van der Waals surface area (Å²) in [5.41, 5.74) is 0. The number of rotatable bonds is 0. The van der Waals surface area contributed by atoms with E-state index in [4.69, 9.17) is 0 Å². The summed E-state index contributed by atoms with van der Waals surface area (Å²) in [5, 5.41) is 0. The van der Waals surface area contributed by atoms with Crippen molar-refractivity contribution in [2.24, 2.45) is 0 Å². The number of hydrogen-bond acceptors (Lipinski definition) is 1. The average Bonchev–Trinajstić information content (AvgIpc) is 1.84. The molecule has 1 aromatic rings. The third kappa shape index (κ3) is 2.18. The fourth-order valence-corrected chi connectivity index (χ4v) is 4.04. The van der Waals surface area contributed by atoms with Gasteiger partial charge in [-0.1, -0.05) is 0 Å². The predicted octanol–water partition coefficient (Wildman–Crippen LogP) is -5.88. The van der Waals surface area contributed by atoms with E-state index in [2.05, 4.69) is 11.1 Å². The molecule has 0 saturated carbocycles. The second-order valence-corrected chi connectivity index (χ2v) is 6.84. The zero-order valence-electron chi connectivity index (χ0n) is 5.33. The Balaban J connectivity index is 3.28. The molecular weight excluding hydrogens is 374 g/mol. The molecule has 0 aliphatic carbocycles. The van der Waals surface area contributed by atoms with E-state index in [9.17, 15) is 0 Å². The van der Waals surface area contributed by atoms with Crippen LogP contribution in [0.15, 0.2) is 6.07 Å². The fourth-order valence-electron chi connectivity index (χ4n) is 0.574. The second kappa shape index (κ2) is 3.86. The van der Waals surface area contributed by atoms with Gasteiger partial charge in [-0.2, -0.15) is 0 Å². The van der Waals surface area contributed by atoms with Crippen LogP contribution in [0.25, 0.3) is 0 Å². The van der Waals surface area contributed by atoms with E-state index < -0.39 is 0 Å². The summed E-state index contributed by atoms with van der Waals surface area (Å²) in [6, 6.07) is 2.27. The number of aromatic nitrogens is 1. The minimum atomic E-state index is 1.26. The molecule has 54 valence electrons. The Morgan fingerprint density at radius 2 is 1.30 bits per heavy atom. The molecule has 0 fully saturated rings. The van der Waals surface area contributed by atoms with E-state index in [1.807, 2.05) is 0 Å². The molecule has 0 aliphatic heterocycles. The molecule has 4 unspecified atom stereocenters. The summed E-state index contributed by atoms with van der Waals surface area (Å²) < 4.78 is 5.31. The van der Waals surface area contributed by atoms with Gasteiger partial charge < -0.3 is 0 Å². The van der Waals surface area contributed by atoms with Crippen molar-refractivity contribution >= 4 is 85.1 Å². The number of nitrogens with zero attached hydrogens (tertiary/aromatic N) is 1. The Morgan fingerprint density at radius 3 is 1.60 bits per heavy atom. The zero-order valence-corrected chi connectivity index (χ0v) is 15.0. The third-order valence-corrected chi connectivity index (χ3v) is 7.96. The van der Waals surface area contributed by atoms with Crippen LogP contribution in [-0.2, 0) is 0 Å². The van der Waals surface area contributed by atoms with Crippen molar-refractivity contribution in [2.75, 3.05) is 0 Å². The van der Waals surface area contributed by atoms with E-state index in [1.165, 1.54) is 17.7 Å². The summed E-state index contributed by atoms with van der Waals surface area (Å²) in [7, 11) is 0. The standard InChI is InChI=1S/C5H9As4N/c6-2-1-3(7)5(9)10-4(2)8/h1H,6-9H2. The molecular formula is C5H9As4N. The third-order valence-electron chi connectivity index (χ3n) is 1.14. The van der Waals surface area contributed by atoms with Gasteiger partial charge in [0.15, 0.2) is 0 Å². The van der Waals surface area contributed by atoms with Crippen LogP contribution >= 0.6 is 0 Å². The summed E-state index contributed by atoms with van der Waals surface area (Å²) >= 11 is 6.63. The van der Waals surface area contributed by atoms with Crippen molar-refractivity contribution in [2.45, 2.75) is 0 Å². The van der Waals surface area contributed by atoms with Gasteiger partial charge in [0.1, 0.15) is 0 Å². The van der Waals surface area contributed by atoms with Gasteiger partial charge in [0.2, 0.25) is 0 Å². The molecule has 10 heavy (non-hydrogen) atoms. The van der Waals surface area contributed by atoms with Crippen LogP contribution in [0, 0.1) is 0 Å². The van der Waals surface area contributed by atoms with E-state index in [1.54, 1.807) is 67.4 Å². The summed E-state index contributed by atoms with van der Waals surface area (Å²) in [6.45, 7) is 0. The van der Waals surface area contributed by atoms with Crippen LogP contribution in [0.3, 0.4) is 0 Å². The van der Waals surface area contributed by atoms with E-state index >= 15 is 0 Å². The molecule has 0 N–H and O–H groups in total. The molecule has 0 aliphatic rings. The van der Waals surface area contributed by atoms with Gasteiger partial charge >= 0.3 is 96.1 Å². The van der Waals surface area contributed by atoms with Gasteiger partial charge in [0, 0.05) is 0 Å². The molecule has 0 aromatic carbocycles. The SMILES string of the molecule is [AsH2]c1cc([AsH2])c([AsH2])nc1[AsH2]. The number of hydrogen-bond donors (Lipinski definition) is 0. The Labute approximate surface area is 95.1 Å². The molecule has 0 amide bonds. The monoisotopic (exact) mass is 383 g/mol. The Kier molecular flexibility index (Phi) is 3.66. The number of pyridine rings is 1. The molecule has 4 atom stereocenters. The molecule has 0 radical (unpaired) electrons. The van der Waals surface area contributed by atoms with Crippen LogP contribution < -0.4 is 17.7 Å². The van der Waals surface area contributed by atoms with Crippen LogP contribution in [0.4, 0.5) is 0 Å². The van der Waals surface area contributed by atoms with Gasteiger partial charge in [-0.3, -0.25) is 0 Å². The van der Waals surface area contributed by atoms with Crippen molar-refractivity contribution in [3.05, 3.63) is 6.07 Å². The predicted molar refractivity (Wildman–Crippen MR) is 56.9 cm³/mol. The maximum absolute atomic E-state index is 4.46. The molecule has 1 nitrogen and oxygen atoms in total. The van der Waals surface area contributed by atoms with Crippen molar-refractivity contribution in [3.8, 4) is 0 Å². The Bertz CT molecular complexity index is 210. The normalized spacial score (nSPS) is 10.0. The van der Waals surface area contributed by atoms with Gasteiger partial charge in [-0.05, 0) is 0 Å². The molecule has 5 heteroatoms. The first kappa shape index (κ1) is 9.47. The summed E-state index contributed by atoms with van der Waals surface area (Å²) in [5.74, 6) is 0. The molecule has 0 spiro atoms. The van der Waals surface area contributed by atoms with Crippen LogP contribution in [0.2, 0.25) is 0 Å². The first-order chi connectivity index (χ1) is 4.61. The van der Waals surface area contributed by atoms with E-state index in [-0.39, 0.29) is 0 Å². The summed E-state index contributed by atoms with van der Waals surface area (Å²) in [4.78, 5) is 4.46. The minimum absolute atomic E-state index is 1.26. The first-order valence-electron chi connectivity index (χ1n) is 2.68.